The zero-order valence-corrected chi connectivity index (χ0v) is 12.0. The summed E-state index contributed by atoms with van der Waals surface area (Å²) in [4.78, 5) is 22.5. The Morgan fingerprint density at radius 3 is 2.76 bits per heavy atom. The van der Waals surface area contributed by atoms with Crippen molar-refractivity contribution in [3.05, 3.63) is 52.4 Å². The first-order valence-electron chi connectivity index (χ1n) is 6.49. The van der Waals surface area contributed by atoms with E-state index in [1.54, 1.807) is 19.1 Å². The average molecular weight is 288 g/mol. The molecule has 2 rings (SSSR count). The Bertz CT molecular complexity index is 742. The van der Waals surface area contributed by atoms with Crippen molar-refractivity contribution in [2.45, 2.75) is 13.8 Å². The van der Waals surface area contributed by atoms with Crippen molar-refractivity contribution >= 4 is 16.9 Å². The zero-order chi connectivity index (χ0) is 15.4. The molecule has 0 aliphatic heterocycles. The summed E-state index contributed by atoms with van der Waals surface area (Å²) in [7, 11) is 0. The van der Waals surface area contributed by atoms with Crippen LogP contribution in [0, 0.1) is 13.8 Å². The molecule has 0 spiro atoms. The highest BCUT2D eigenvalue weighted by atomic mass is 16.6. The summed E-state index contributed by atoms with van der Waals surface area (Å²) in [5.41, 5.74) is 1.63. The van der Waals surface area contributed by atoms with Gasteiger partial charge in [-0.3, -0.25) is 0 Å². The number of carbonyl (C=O) groups is 1. The molecular weight excluding hydrogens is 272 g/mol. The standard InChI is InChI=1S/C16H16O5/c1-4-15(17)20-8-7-19-12-5-6-13-10(2)11(3)16(18)21-14(13)9-12/h4-6,9H,1,7-8H2,2-3H3. The Labute approximate surface area is 121 Å². The molecule has 0 aliphatic rings. The Morgan fingerprint density at radius 1 is 1.29 bits per heavy atom. The van der Waals surface area contributed by atoms with Gasteiger partial charge in [-0.25, -0.2) is 9.59 Å². The van der Waals surface area contributed by atoms with Gasteiger partial charge in [0.1, 0.15) is 24.5 Å². The van der Waals surface area contributed by atoms with E-state index in [4.69, 9.17) is 13.9 Å². The molecule has 0 bridgehead atoms. The average Bonchev–Trinajstić information content (AvgIpc) is 2.48. The number of aryl methyl sites for hydroxylation is 1. The molecule has 0 unspecified atom stereocenters. The predicted octanol–water partition coefficient (Wildman–Crippen LogP) is 2.52. The van der Waals surface area contributed by atoms with Crippen LogP contribution < -0.4 is 10.4 Å². The lowest BCUT2D eigenvalue weighted by Crippen LogP contribution is -2.10. The van der Waals surface area contributed by atoms with Gasteiger partial charge in [0.05, 0.1) is 0 Å². The maximum atomic E-state index is 11.7. The van der Waals surface area contributed by atoms with Gasteiger partial charge in [-0.05, 0) is 31.5 Å². The Hall–Kier alpha value is -2.56. The van der Waals surface area contributed by atoms with E-state index in [9.17, 15) is 9.59 Å². The van der Waals surface area contributed by atoms with Gasteiger partial charge >= 0.3 is 11.6 Å². The van der Waals surface area contributed by atoms with E-state index in [0.29, 0.717) is 16.9 Å². The molecule has 0 saturated carbocycles. The van der Waals surface area contributed by atoms with Gasteiger partial charge in [0.15, 0.2) is 0 Å². The number of fused-ring (bicyclic) bond motifs is 1. The summed E-state index contributed by atoms with van der Waals surface area (Å²) in [6.07, 6.45) is 1.09. The van der Waals surface area contributed by atoms with Crippen LogP contribution in [0.25, 0.3) is 11.0 Å². The number of ether oxygens (including phenoxy) is 2. The lowest BCUT2D eigenvalue weighted by Gasteiger charge is -2.08. The third-order valence-electron chi connectivity index (χ3n) is 3.19. The molecule has 110 valence electrons. The van der Waals surface area contributed by atoms with Gasteiger partial charge in [-0.1, -0.05) is 6.58 Å². The van der Waals surface area contributed by atoms with E-state index in [2.05, 4.69) is 6.58 Å². The highest BCUT2D eigenvalue weighted by Gasteiger charge is 2.08. The molecule has 2 aromatic rings. The largest absolute Gasteiger partial charge is 0.490 e. The lowest BCUT2D eigenvalue weighted by molar-refractivity contribution is -0.138. The molecule has 0 N–H and O–H groups in total. The quantitative estimate of drug-likeness (QED) is 0.366. The second-order valence-electron chi connectivity index (χ2n) is 4.52. The molecule has 5 heteroatoms. The van der Waals surface area contributed by atoms with Crippen LogP contribution >= 0.6 is 0 Å². The van der Waals surface area contributed by atoms with Crippen molar-refractivity contribution in [1.82, 2.24) is 0 Å². The topological polar surface area (TPSA) is 65.7 Å². The molecule has 1 heterocycles. The van der Waals surface area contributed by atoms with Crippen molar-refractivity contribution in [1.29, 1.82) is 0 Å². The highest BCUT2D eigenvalue weighted by molar-refractivity contribution is 5.82. The van der Waals surface area contributed by atoms with Crippen molar-refractivity contribution < 1.29 is 18.7 Å². The second kappa shape index (κ2) is 6.26. The summed E-state index contributed by atoms with van der Waals surface area (Å²) in [5, 5.41) is 0.873. The van der Waals surface area contributed by atoms with Crippen molar-refractivity contribution in [3.8, 4) is 5.75 Å². The maximum absolute atomic E-state index is 11.7. The smallest absolute Gasteiger partial charge is 0.339 e. The first-order valence-corrected chi connectivity index (χ1v) is 6.49. The minimum absolute atomic E-state index is 0.125. The Balaban J connectivity index is 2.12. The van der Waals surface area contributed by atoms with Crippen molar-refractivity contribution in [2.24, 2.45) is 0 Å². The fourth-order valence-corrected chi connectivity index (χ4v) is 1.88. The number of hydrogen-bond donors (Lipinski definition) is 0. The third kappa shape index (κ3) is 3.31. The van der Waals surface area contributed by atoms with Crippen LogP contribution in [0.1, 0.15) is 11.1 Å². The number of rotatable bonds is 5. The molecule has 5 nitrogen and oxygen atoms in total. The lowest BCUT2D eigenvalue weighted by atomic mass is 10.1. The molecule has 0 amide bonds. The van der Waals surface area contributed by atoms with Crippen molar-refractivity contribution in [2.75, 3.05) is 13.2 Å². The molecule has 0 aliphatic carbocycles. The van der Waals surface area contributed by atoms with Crippen LogP contribution in [-0.4, -0.2) is 19.2 Å². The second-order valence-corrected chi connectivity index (χ2v) is 4.52. The molecule has 21 heavy (non-hydrogen) atoms. The zero-order valence-electron chi connectivity index (χ0n) is 12.0. The molecular formula is C16H16O5. The van der Waals surface area contributed by atoms with E-state index in [1.165, 1.54) is 0 Å². The van der Waals surface area contributed by atoms with E-state index in [-0.39, 0.29) is 18.8 Å². The third-order valence-corrected chi connectivity index (χ3v) is 3.19. The normalized spacial score (nSPS) is 10.4. The first-order chi connectivity index (χ1) is 10.0. The van der Waals surface area contributed by atoms with Crippen LogP contribution in [0.5, 0.6) is 5.75 Å². The molecule has 0 saturated heterocycles. The molecule has 1 aromatic carbocycles. The van der Waals surface area contributed by atoms with E-state index < -0.39 is 5.97 Å². The fourth-order valence-electron chi connectivity index (χ4n) is 1.88. The van der Waals surface area contributed by atoms with Crippen LogP contribution in [-0.2, 0) is 9.53 Å². The van der Waals surface area contributed by atoms with Crippen LogP contribution in [0.3, 0.4) is 0 Å². The van der Waals surface area contributed by atoms with Crippen LogP contribution in [0.4, 0.5) is 0 Å². The SMILES string of the molecule is C=CC(=O)OCCOc1ccc2c(C)c(C)c(=O)oc2c1. The van der Waals surface area contributed by atoms with E-state index >= 15 is 0 Å². The van der Waals surface area contributed by atoms with Crippen LogP contribution in [0.15, 0.2) is 40.1 Å². The summed E-state index contributed by atoms with van der Waals surface area (Å²) in [6, 6.07) is 5.27. The predicted molar refractivity (Wildman–Crippen MR) is 78.6 cm³/mol. The number of hydrogen-bond acceptors (Lipinski definition) is 5. The van der Waals surface area contributed by atoms with Crippen molar-refractivity contribution in [3.63, 3.8) is 0 Å². The van der Waals surface area contributed by atoms with Gasteiger partial charge < -0.3 is 13.9 Å². The minimum atomic E-state index is -0.491. The Morgan fingerprint density at radius 2 is 2.05 bits per heavy atom. The molecule has 1 aromatic heterocycles. The van der Waals surface area contributed by atoms with E-state index in [1.807, 2.05) is 13.0 Å². The van der Waals surface area contributed by atoms with Gasteiger partial charge in [-0.2, -0.15) is 0 Å². The highest BCUT2D eigenvalue weighted by Crippen LogP contribution is 2.23. The molecule has 0 radical (unpaired) electrons. The number of benzene rings is 1. The van der Waals surface area contributed by atoms with Crippen LogP contribution in [0.2, 0.25) is 0 Å². The number of esters is 1. The van der Waals surface area contributed by atoms with Gasteiger partial charge in [-0.15, -0.1) is 0 Å². The van der Waals surface area contributed by atoms with Gasteiger partial charge in [0.25, 0.3) is 0 Å². The summed E-state index contributed by atoms with van der Waals surface area (Å²) < 4.78 is 15.5. The molecule has 0 fully saturated rings. The minimum Gasteiger partial charge on any atom is -0.490 e. The summed E-state index contributed by atoms with van der Waals surface area (Å²) in [5.74, 6) is 0.0535. The van der Waals surface area contributed by atoms with Gasteiger partial charge in [0, 0.05) is 23.1 Å². The first kappa shape index (κ1) is 14.8. The monoisotopic (exact) mass is 288 g/mol. The summed E-state index contributed by atoms with van der Waals surface area (Å²) in [6.45, 7) is 7.25. The fraction of sp³-hybridized carbons (Fsp3) is 0.250. The summed E-state index contributed by atoms with van der Waals surface area (Å²) >= 11 is 0. The molecule has 0 atom stereocenters. The van der Waals surface area contributed by atoms with Gasteiger partial charge in [0.2, 0.25) is 0 Å². The maximum Gasteiger partial charge on any atom is 0.339 e. The van der Waals surface area contributed by atoms with E-state index in [0.717, 1.165) is 17.0 Å². The Kier molecular flexibility index (Phi) is 4.42. The number of carbonyl (C=O) groups excluding carboxylic acids is 1.